The fourth-order valence-electron chi connectivity index (χ4n) is 8.30. The number of hydrogen-bond donors (Lipinski definition) is 0. The van der Waals surface area contributed by atoms with Gasteiger partial charge in [-0.05, 0) is 90.8 Å². The third-order valence-electron chi connectivity index (χ3n) is 12.0. The first-order valence-corrected chi connectivity index (χ1v) is 23.1. The van der Waals surface area contributed by atoms with Crippen LogP contribution in [-0.4, -0.2) is 5.97 Å². The van der Waals surface area contributed by atoms with Crippen molar-refractivity contribution in [1.82, 2.24) is 0 Å². The first-order chi connectivity index (χ1) is 27.1. The van der Waals surface area contributed by atoms with Gasteiger partial charge in [0.25, 0.3) is 0 Å². The Morgan fingerprint density at radius 2 is 0.883 bits per heavy atom. The Kier molecular flexibility index (Phi) is 11.0. The number of ether oxygens (including phenoxy) is 1. The van der Waals surface area contributed by atoms with E-state index in [0.717, 1.165) is 44.5 Å². The van der Waals surface area contributed by atoms with Gasteiger partial charge < -0.3 is 18.3 Å². The SMILES string of the molecule is Cc1cc(C2C(=O)Oc3c2cc(C(C)(C)C)cc3C(C)(C)C)cc(C)c1OP1(=O)Oc2c(cc(C(C)(C)C)cc2C(C)(C)C)Cc2cc(C(C)(C)C)cc(C(C)(C)C)c2O1. The topological polar surface area (TPSA) is 71.1 Å². The normalized spacial score (nSPS) is 17.1. The molecule has 2 aliphatic heterocycles. The van der Waals surface area contributed by atoms with E-state index < -0.39 is 13.7 Å². The second kappa shape index (κ2) is 14.5. The van der Waals surface area contributed by atoms with Crippen molar-refractivity contribution in [2.24, 2.45) is 0 Å². The lowest BCUT2D eigenvalue weighted by Gasteiger charge is -2.35. The van der Waals surface area contributed by atoms with Crippen molar-refractivity contribution in [3.05, 3.63) is 115 Å². The second-order valence-electron chi connectivity index (χ2n) is 23.7. The van der Waals surface area contributed by atoms with Crippen molar-refractivity contribution >= 4 is 13.8 Å². The third kappa shape index (κ3) is 8.83. The maximum atomic E-state index is 15.8. The Morgan fingerprint density at radius 3 is 1.25 bits per heavy atom. The third-order valence-corrected chi connectivity index (χ3v) is 13.2. The smallest absolute Gasteiger partial charge is 0.425 e. The van der Waals surface area contributed by atoms with Crippen LogP contribution < -0.4 is 18.3 Å². The fourth-order valence-corrected chi connectivity index (χ4v) is 9.80. The molecule has 2 heterocycles. The molecule has 0 radical (unpaired) electrons. The summed E-state index contributed by atoms with van der Waals surface area (Å²) >= 11 is 0. The number of phosphoric ester groups is 1. The van der Waals surface area contributed by atoms with E-state index in [4.69, 9.17) is 18.3 Å². The molecule has 324 valence electrons. The van der Waals surface area contributed by atoms with Crippen molar-refractivity contribution in [3.63, 3.8) is 0 Å². The molecule has 4 aromatic rings. The number of esters is 1. The van der Waals surface area contributed by atoms with Gasteiger partial charge in [-0.1, -0.05) is 173 Å². The van der Waals surface area contributed by atoms with Crippen LogP contribution in [0.3, 0.4) is 0 Å². The summed E-state index contributed by atoms with van der Waals surface area (Å²) in [4.78, 5) is 13.9. The molecule has 0 bridgehead atoms. The van der Waals surface area contributed by atoms with Crippen molar-refractivity contribution in [2.75, 3.05) is 0 Å². The van der Waals surface area contributed by atoms with Crippen molar-refractivity contribution in [2.45, 2.75) is 183 Å². The zero-order valence-electron chi connectivity index (χ0n) is 40.3. The highest BCUT2D eigenvalue weighted by molar-refractivity contribution is 7.49. The number of carbonyl (C=O) groups excluding carboxylic acids is 1. The minimum Gasteiger partial charge on any atom is -0.425 e. The highest BCUT2D eigenvalue weighted by Crippen LogP contribution is 2.58. The Morgan fingerprint density at radius 1 is 0.517 bits per heavy atom. The molecule has 7 heteroatoms. The molecule has 0 fully saturated rings. The van der Waals surface area contributed by atoms with Gasteiger partial charge in [-0.25, -0.2) is 0 Å². The summed E-state index contributed by atoms with van der Waals surface area (Å²) in [5.41, 5.74) is 9.95. The van der Waals surface area contributed by atoms with Gasteiger partial charge in [0.05, 0.1) is 0 Å². The second-order valence-corrected chi connectivity index (χ2v) is 25.1. The molecule has 0 aliphatic carbocycles. The van der Waals surface area contributed by atoms with E-state index in [9.17, 15) is 4.79 Å². The molecule has 0 saturated carbocycles. The number of carbonyl (C=O) groups is 1. The number of benzene rings is 4. The Hall–Kier alpha value is -4.02. The highest BCUT2D eigenvalue weighted by atomic mass is 31.2. The van der Waals surface area contributed by atoms with E-state index in [0.29, 0.717) is 40.5 Å². The summed E-state index contributed by atoms with van der Waals surface area (Å²) in [6, 6.07) is 17.0. The maximum Gasteiger partial charge on any atom is 0.647 e. The summed E-state index contributed by atoms with van der Waals surface area (Å²) in [5.74, 6) is 1.16. The molecule has 0 saturated heterocycles. The van der Waals surface area contributed by atoms with E-state index in [1.54, 1.807) is 0 Å². The summed E-state index contributed by atoms with van der Waals surface area (Å²) < 4.78 is 42.3. The first-order valence-electron chi connectivity index (χ1n) is 21.6. The van der Waals surface area contributed by atoms with Gasteiger partial charge in [0.1, 0.15) is 28.9 Å². The lowest BCUT2D eigenvalue weighted by atomic mass is 9.76. The van der Waals surface area contributed by atoms with Gasteiger partial charge in [0.2, 0.25) is 0 Å². The predicted octanol–water partition coefficient (Wildman–Crippen LogP) is 14.7. The summed E-state index contributed by atoms with van der Waals surface area (Å²) in [6.07, 6.45) is 0.532. The van der Waals surface area contributed by atoms with Crippen LogP contribution in [0, 0.1) is 13.8 Å². The van der Waals surface area contributed by atoms with Crippen molar-refractivity contribution in [1.29, 1.82) is 0 Å². The molecule has 4 aromatic carbocycles. The monoisotopic (exact) mass is 834 g/mol. The van der Waals surface area contributed by atoms with Gasteiger partial charge in [0, 0.05) is 28.7 Å². The molecule has 2 aliphatic rings. The molecule has 0 spiro atoms. The number of hydrogen-bond acceptors (Lipinski definition) is 6. The van der Waals surface area contributed by atoms with Crippen LogP contribution in [0.2, 0.25) is 0 Å². The minimum atomic E-state index is -4.48. The van der Waals surface area contributed by atoms with Gasteiger partial charge in [-0.2, -0.15) is 4.57 Å². The van der Waals surface area contributed by atoms with Crippen LogP contribution in [0.15, 0.2) is 48.5 Å². The number of rotatable bonds is 3. The highest BCUT2D eigenvalue weighted by Gasteiger charge is 2.44. The van der Waals surface area contributed by atoms with Crippen LogP contribution >= 0.6 is 7.82 Å². The number of phosphoric acid groups is 1. The van der Waals surface area contributed by atoms with Gasteiger partial charge in [0.15, 0.2) is 0 Å². The zero-order valence-corrected chi connectivity index (χ0v) is 41.2. The van der Waals surface area contributed by atoms with Crippen molar-refractivity contribution in [3.8, 4) is 23.0 Å². The van der Waals surface area contributed by atoms with Gasteiger partial charge in [-0.3, -0.25) is 4.79 Å². The van der Waals surface area contributed by atoms with E-state index in [2.05, 4.69) is 161 Å². The van der Waals surface area contributed by atoms with Crippen LogP contribution in [0.25, 0.3) is 0 Å². The largest absolute Gasteiger partial charge is 0.647 e. The van der Waals surface area contributed by atoms with E-state index in [1.807, 2.05) is 26.0 Å². The van der Waals surface area contributed by atoms with Crippen LogP contribution in [0.1, 0.15) is 197 Å². The molecule has 60 heavy (non-hydrogen) atoms. The fraction of sp³-hybridized carbons (Fsp3) is 0.528. The summed E-state index contributed by atoms with van der Waals surface area (Å²) in [6.45, 7) is 43.1. The number of aryl methyl sites for hydroxylation is 2. The molecule has 6 nitrogen and oxygen atoms in total. The van der Waals surface area contributed by atoms with Crippen LogP contribution in [-0.2, 0) is 48.3 Å². The Bertz CT molecular complexity index is 2320. The van der Waals surface area contributed by atoms with Gasteiger partial charge in [-0.15, -0.1) is 0 Å². The van der Waals surface area contributed by atoms with Crippen LogP contribution in [0.4, 0.5) is 0 Å². The zero-order chi connectivity index (χ0) is 45.1. The van der Waals surface area contributed by atoms with Gasteiger partial charge >= 0.3 is 13.8 Å². The average molecular weight is 835 g/mol. The molecular weight excluding hydrogens is 764 g/mol. The first kappa shape index (κ1) is 45.5. The Balaban J connectivity index is 1.56. The molecule has 6 rings (SSSR count). The molecule has 1 unspecified atom stereocenters. The molecular formula is C53H71O6P. The quantitative estimate of drug-likeness (QED) is 0.116. The summed E-state index contributed by atoms with van der Waals surface area (Å²) in [7, 11) is -4.48. The lowest BCUT2D eigenvalue weighted by molar-refractivity contribution is -0.133. The van der Waals surface area contributed by atoms with E-state index in [-0.39, 0.29) is 38.5 Å². The predicted molar refractivity (Wildman–Crippen MR) is 247 cm³/mol. The summed E-state index contributed by atoms with van der Waals surface area (Å²) in [5, 5.41) is 0. The molecule has 0 N–H and O–H groups in total. The maximum absolute atomic E-state index is 15.8. The molecule has 0 aromatic heterocycles. The van der Waals surface area contributed by atoms with Crippen molar-refractivity contribution < 1.29 is 27.7 Å². The standard InChI is InChI=1S/C53H71O6P/c1-30-21-32(42-38-26-37(50(9,10)11)29-41(53(18,19)20)46(38)56-47(42)54)22-31(2)43(30)57-60(55)58-44-33(24-35(48(3,4)5)27-39(44)51(12,13)14)23-34-25-36(49(6,7)8)28-40(45(34)59-60)52(15,16)17/h21-22,24-29,42H,23H2,1-20H3. The number of fused-ring (bicyclic) bond motifs is 3. The molecule has 0 amide bonds. The minimum absolute atomic E-state index is 0.141. The molecule has 1 atom stereocenters. The Labute approximate surface area is 361 Å². The average Bonchev–Trinajstić information content (AvgIpc) is 3.39. The van der Waals surface area contributed by atoms with E-state index in [1.165, 1.54) is 11.1 Å². The van der Waals surface area contributed by atoms with E-state index >= 15 is 4.57 Å². The lowest BCUT2D eigenvalue weighted by Crippen LogP contribution is -2.23. The van der Waals surface area contributed by atoms with Crippen LogP contribution in [0.5, 0.6) is 23.0 Å².